The van der Waals surface area contributed by atoms with Gasteiger partial charge < -0.3 is 15.0 Å². The molecule has 1 aromatic heterocycles. The fourth-order valence-electron chi connectivity index (χ4n) is 3.07. The molecule has 1 aliphatic rings. The molecule has 6 nitrogen and oxygen atoms in total. The monoisotopic (exact) mass is 340 g/mol. The molecule has 132 valence electrons. The number of urea groups is 1. The molecule has 0 atom stereocenters. The number of hydrogen-bond acceptors (Lipinski definition) is 4. The van der Waals surface area contributed by atoms with E-state index in [4.69, 9.17) is 4.74 Å². The second-order valence-electron chi connectivity index (χ2n) is 6.82. The van der Waals surface area contributed by atoms with Gasteiger partial charge in [0.15, 0.2) is 5.82 Å². The lowest BCUT2D eigenvalue weighted by Gasteiger charge is -2.38. The average Bonchev–Trinajstić information content (AvgIpc) is 2.63. The van der Waals surface area contributed by atoms with E-state index < -0.39 is 0 Å². The zero-order valence-corrected chi connectivity index (χ0v) is 14.7. The van der Waals surface area contributed by atoms with Gasteiger partial charge in [0.1, 0.15) is 0 Å². The number of aromatic nitrogens is 2. The molecule has 0 saturated carbocycles. The predicted octanol–water partition coefficient (Wildman–Crippen LogP) is 3.42. The van der Waals surface area contributed by atoms with E-state index in [-0.39, 0.29) is 11.4 Å². The van der Waals surface area contributed by atoms with E-state index in [1.165, 1.54) is 0 Å². The summed E-state index contributed by atoms with van der Waals surface area (Å²) in [6, 6.07) is 9.66. The molecule has 1 fully saturated rings. The van der Waals surface area contributed by atoms with Crippen LogP contribution < -0.4 is 5.32 Å². The molecule has 1 saturated heterocycles. The minimum atomic E-state index is -0.101. The van der Waals surface area contributed by atoms with Crippen LogP contribution in [0.25, 0.3) is 11.4 Å². The highest BCUT2D eigenvalue weighted by Crippen LogP contribution is 2.31. The summed E-state index contributed by atoms with van der Waals surface area (Å²) in [6.07, 6.45) is 5.17. The predicted molar refractivity (Wildman–Crippen MR) is 97.3 cm³/mol. The molecule has 2 amide bonds. The van der Waals surface area contributed by atoms with Crippen molar-refractivity contribution in [2.75, 3.05) is 32.1 Å². The van der Waals surface area contributed by atoms with Gasteiger partial charge in [0.2, 0.25) is 0 Å². The number of likely N-dealkylation sites (tertiary alicyclic amines) is 1. The number of methoxy groups -OCH3 is 1. The zero-order valence-electron chi connectivity index (χ0n) is 14.7. The van der Waals surface area contributed by atoms with Crippen LogP contribution in [0.15, 0.2) is 42.7 Å². The summed E-state index contributed by atoms with van der Waals surface area (Å²) >= 11 is 0. The van der Waals surface area contributed by atoms with E-state index in [9.17, 15) is 4.79 Å². The number of nitrogens with one attached hydrogen (secondary N) is 1. The Labute approximate surface area is 148 Å². The van der Waals surface area contributed by atoms with E-state index >= 15 is 0 Å². The van der Waals surface area contributed by atoms with Crippen molar-refractivity contribution in [3.63, 3.8) is 0 Å². The number of nitrogens with zero attached hydrogens (tertiary/aromatic N) is 3. The van der Waals surface area contributed by atoms with Gasteiger partial charge in [-0.25, -0.2) is 14.8 Å². The van der Waals surface area contributed by atoms with Crippen LogP contribution in [0, 0.1) is 5.41 Å². The normalized spacial score (nSPS) is 16.5. The van der Waals surface area contributed by atoms with E-state index in [2.05, 4.69) is 22.2 Å². The molecule has 3 rings (SSSR count). The van der Waals surface area contributed by atoms with Crippen LogP contribution in [0.5, 0.6) is 0 Å². The molecule has 1 aliphatic heterocycles. The van der Waals surface area contributed by atoms with Gasteiger partial charge in [-0.05, 0) is 18.3 Å². The first-order valence-electron chi connectivity index (χ1n) is 8.52. The third-order valence-corrected chi connectivity index (χ3v) is 4.69. The zero-order chi connectivity index (χ0) is 17.7. The Morgan fingerprint density at radius 3 is 2.44 bits per heavy atom. The van der Waals surface area contributed by atoms with Crippen LogP contribution in [0.1, 0.15) is 19.8 Å². The van der Waals surface area contributed by atoms with Crippen LogP contribution in [-0.2, 0) is 4.74 Å². The van der Waals surface area contributed by atoms with Crippen LogP contribution in [0.4, 0.5) is 10.5 Å². The Hall–Kier alpha value is -2.47. The molecular formula is C19H24N4O2. The van der Waals surface area contributed by atoms with Gasteiger partial charge in [0.25, 0.3) is 0 Å². The first-order chi connectivity index (χ1) is 12.1. The maximum absolute atomic E-state index is 12.4. The van der Waals surface area contributed by atoms with Gasteiger partial charge in [-0.1, -0.05) is 37.3 Å². The molecule has 2 aromatic rings. The van der Waals surface area contributed by atoms with Crippen molar-refractivity contribution in [3.8, 4) is 11.4 Å². The molecule has 1 N–H and O–H groups in total. The quantitative estimate of drug-likeness (QED) is 0.926. The Morgan fingerprint density at radius 1 is 1.20 bits per heavy atom. The number of carbonyl (C=O) groups is 1. The van der Waals surface area contributed by atoms with Crippen molar-refractivity contribution < 1.29 is 9.53 Å². The number of ether oxygens (including phenoxy) is 1. The van der Waals surface area contributed by atoms with Crippen LogP contribution in [0.3, 0.4) is 0 Å². The smallest absolute Gasteiger partial charge is 0.321 e. The molecule has 6 heteroatoms. The molecule has 0 bridgehead atoms. The molecule has 25 heavy (non-hydrogen) atoms. The minimum Gasteiger partial charge on any atom is -0.384 e. The summed E-state index contributed by atoms with van der Waals surface area (Å²) in [5.41, 5.74) is 1.72. The number of carbonyl (C=O) groups excluding carboxylic acids is 1. The lowest BCUT2D eigenvalue weighted by Crippen LogP contribution is -2.45. The van der Waals surface area contributed by atoms with Gasteiger partial charge in [-0.15, -0.1) is 0 Å². The lowest BCUT2D eigenvalue weighted by atomic mass is 9.81. The van der Waals surface area contributed by atoms with Crippen molar-refractivity contribution in [2.45, 2.75) is 19.8 Å². The fraction of sp³-hybridized carbons (Fsp3) is 0.421. The minimum absolute atomic E-state index is 0.101. The van der Waals surface area contributed by atoms with Crippen molar-refractivity contribution in [1.82, 2.24) is 14.9 Å². The third-order valence-electron chi connectivity index (χ3n) is 4.69. The van der Waals surface area contributed by atoms with E-state index in [0.29, 0.717) is 11.5 Å². The number of piperidine rings is 1. The van der Waals surface area contributed by atoms with Crippen LogP contribution in [0.2, 0.25) is 0 Å². The van der Waals surface area contributed by atoms with Crippen molar-refractivity contribution in [2.24, 2.45) is 5.41 Å². The molecule has 0 unspecified atom stereocenters. The maximum atomic E-state index is 12.4. The van der Waals surface area contributed by atoms with Gasteiger partial charge in [-0.2, -0.15) is 0 Å². The Balaban J connectivity index is 1.57. The maximum Gasteiger partial charge on any atom is 0.321 e. The summed E-state index contributed by atoms with van der Waals surface area (Å²) in [5.74, 6) is 0.645. The number of rotatable bonds is 4. The average molecular weight is 340 g/mol. The second kappa shape index (κ2) is 7.61. The first-order valence-corrected chi connectivity index (χ1v) is 8.52. The van der Waals surface area contributed by atoms with Crippen molar-refractivity contribution in [1.29, 1.82) is 0 Å². The molecule has 0 aliphatic carbocycles. The highest BCUT2D eigenvalue weighted by molar-refractivity contribution is 5.89. The molecule has 1 aromatic carbocycles. The lowest BCUT2D eigenvalue weighted by molar-refractivity contribution is 0.0452. The number of benzene rings is 1. The van der Waals surface area contributed by atoms with Crippen LogP contribution in [-0.4, -0.2) is 47.7 Å². The SMILES string of the molecule is COCC1(C)CCN(C(=O)Nc2cnc(-c3ccccc3)nc2)CC1. The number of anilines is 1. The summed E-state index contributed by atoms with van der Waals surface area (Å²) in [7, 11) is 1.73. The summed E-state index contributed by atoms with van der Waals surface area (Å²) < 4.78 is 5.29. The van der Waals surface area contributed by atoms with Gasteiger partial charge in [0, 0.05) is 25.8 Å². The van der Waals surface area contributed by atoms with E-state index in [0.717, 1.165) is 38.1 Å². The molecule has 2 heterocycles. The Kier molecular flexibility index (Phi) is 5.28. The fourth-order valence-corrected chi connectivity index (χ4v) is 3.07. The topological polar surface area (TPSA) is 67.3 Å². The second-order valence-corrected chi connectivity index (χ2v) is 6.82. The Morgan fingerprint density at radius 2 is 1.84 bits per heavy atom. The Bertz CT molecular complexity index is 695. The summed E-state index contributed by atoms with van der Waals surface area (Å²) in [6.45, 7) is 4.41. The first kappa shape index (κ1) is 17.4. The summed E-state index contributed by atoms with van der Waals surface area (Å²) in [5, 5.41) is 2.88. The van der Waals surface area contributed by atoms with Gasteiger partial charge in [0.05, 0.1) is 24.7 Å². The highest BCUT2D eigenvalue weighted by atomic mass is 16.5. The summed E-state index contributed by atoms with van der Waals surface area (Å²) in [4.78, 5) is 22.9. The molecule has 0 radical (unpaired) electrons. The van der Waals surface area contributed by atoms with Crippen molar-refractivity contribution in [3.05, 3.63) is 42.7 Å². The largest absolute Gasteiger partial charge is 0.384 e. The van der Waals surface area contributed by atoms with Crippen LogP contribution >= 0.6 is 0 Å². The number of hydrogen-bond donors (Lipinski definition) is 1. The molecule has 0 spiro atoms. The standard InChI is InChI=1S/C19H24N4O2/c1-19(14-25-2)8-10-23(11-9-19)18(24)22-16-12-20-17(21-13-16)15-6-4-3-5-7-15/h3-7,12-13H,8-11,14H2,1-2H3,(H,22,24). The molecular weight excluding hydrogens is 316 g/mol. The number of amides is 2. The van der Waals surface area contributed by atoms with Crippen molar-refractivity contribution >= 4 is 11.7 Å². The third kappa shape index (κ3) is 4.33. The van der Waals surface area contributed by atoms with E-state index in [1.54, 1.807) is 19.5 Å². The van der Waals surface area contributed by atoms with E-state index in [1.807, 2.05) is 35.2 Å². The van der Waals surface area contributed by atoms with Gasteiger partial charge >= 0.3 is 6.03 Å². The van der Waals surface area contributed by atoms with Gasteiger partial charge in [-0.3, -0.25) is 0 Å². The highest BCUT2D eigenvalue weighted by Gasteiger charge is 2.31.